The Morgan fingerprint density at radius 3 is 1.30 bits per heavy atom. The molecular weight excluding hydrogens is 564 g/mol. The van der Waals surface area contributed by atoms with Crippen LogP contribution in [0.25, 0.3) is 0 Å². The number of ether oxygens (including phenoxy) is 2. The van der Waals surface area contributed by atoms with E-state index in [-0.39, 0.29) is 21.7 Å². The van der Waals surface area contributed by atoms with Gasteiger partial charge in [-0.15, -0.1) is 10.5 Å². The van der Waals surface area contributed by atoms with Crippen LogP contribution in [-0.4, -0.2) is 0 Å². The minimum absolute atomic E-state index is 0.0880. The quantitative estimate of drug-likeness (QED) is 0.276. The predicted octanol–water partition coefficient (Wildman–Crippen LogP) is 11.3. The van der Waals surface area contributed by atoms with E-state index in [0.717, 1.165) is 11.5 Å². The van der Waals surface area contributed by atoms with Crippen LogP contribution in [0, 0.1) is 45.7 Å². The van der Waals surface area contributed by atoms with E-state index in [9.17, 15) is 10.5 Å². The van der Waals surface area contributed by atoms with E-state index < -0.39 is 0 Å². The van der Waals surface area contributed by atoms with Gasteiger partial charge in [0.1, 0.15) is 11.5 Å². The van der Waals surface area contributed by atoms with Gasteiger partial charge in [0, 0.05) is 0 Å². The van der Waals surface area contributed by atoms with Gasteiger partial charge in [-0.2, -0.15) is 0 Å². The lowest BCUT2D eigenvalue weighted by atomic mass is 9.31. The van der Waals surface area contributed by atoms with Gasteiger partial charge in [0.15, 0.2) is 0 Å². The van der Waals surface area contributed by atoms with Crippen LogP contribution in [0.15, 0.2) is 36.4 Å². The molecule has 4 heteroatoms. The summed E-state index contributed by atoms with van der Waals surface area (Å²) in [5, 5.41) is 19.1. The fourth-order valence-corrected chi connectivity index (χ4v) is 12.1. The summed E-state index contributed by atoms with van der Waals surface area (Å²) < 4.78 is 11.3. The molecular formula is C42H54N2O2. The van der Waals surface area contributed by atoms with Crippen molar-refractivity contribution in [3.05, 3.63) is 58.7 Å². The van der Waals surface area contributed by atoms with Crippen molar-refractivity contribution in [1.82, 2.24) is 0 Å². The van der Waals surface area contributed by atoms with E-state index >= 15 is 0 Å². The van der Waals surface area contributed by atoms with E-state index in [1.165, 1.54) is 125 Å². The van der Waals surface area contributed by atoms with Gasteiger partial charge in [-0.05, 0) is 144 Å². The number of hydrogen-bond acceptors (Lipinski definition) is 4. The first-order valence-electron chi connectivity index (χ1n) is 18.6. The first-order chi connectivity index (χ1) is 22.2. The van der Waals surface area contributed by atoms with Crippen LogP contribution in [0.3, 0.4) is 0 Å². The van der Waals surface area contributed by atoms with Crippen molar-refractivity contribution in [3.8, 4) is 24.0 Å². The molecule has 2 aromatic rings. The molecule has 46 heavy (non-hydrogen) atoms. The van der Waals surface area contributed by atoms with Crippen molar-refractivity contribution >= 4 is 0 Å². The number of nitrogens with zero attached hydrogens (tertiary/aromatic N) is 2. The van der Waals surface area contributed by atoms with Crippen molar-refractivity contribution in [2.75, 3.05) is 0 Å². The summed E-state index contributed by atoms with van der Waals surface area (Å²) in [5.41, 5.74) is 6.27. The Hall–Kier alpha value is -2.98. The molecule has 0 aromatic heterocycles. The van der Waals surface area contributed by atoms with Crippen molar-refractivity contribution in [2.45, 2.75) is 153 Å². The van der Waals surface area contributed by atoms with E-state index in [4.69, 9.17) is 9.47 Å². The SMILES string of the molecule is CC(C)C12CC3(c4ccc(OC#N)c(C5CCCCC5)c4)CC(c4ccc(OC#N)c(C5CCCCC5)c4)(C1)CC(C(C)C)(C3)C2. The number of hydrogen-bond donors (Lipinski definition) is 0. The molecule has 244 valence electrons. The zero-order valence-corrected chi connectivity index (χ0v) is 28.8. The average molecular weight is 619 g/mol. The molecule has 0 atom stereocenters. The summed E-state index contributed by atoms with van der Waals surface area (Å²) in [6, 6.07) is 14.0. The van der Waals surface area contributed by atoms with Gasteiger partial charge in [0.25, 0.3) is 12.5 Å². The summed E-state index contributed by atoms with van der Waals surface area (Å²) in [7, 11) is 0. The molecule has 2 aromatic carbocycles. The van der Waals surface area contributed by atoms with E-state index in [0.29, 0.717) is 23.7 Å². The molecule has 4 bridgehead atoms. The fraction of sp³-hybridized carbons (Fsp3) is 0.667. The molecule has 0 aliphatic heterocycles. The number of nitriles is 2. The summed E-state index contributed by atoms with van der Waals surface area (Å²) in [6.45, 7) is 9.99. The molecule has 6 aliphatic carbocycles. The van der Waals surface area contributed by atoms with Gasteiger partial charge in [-0.1, -0.05) is 90.5 Å². The number of benzene rings is 2. The molecule has 0 amide bonds. The molecule has 0 spiro atoms. The lowest BCUT2D eigenvalue weighted by molar-refractivity contribution is -0.176. The molecule has 8 rings (SSSR count). The maximum atomic E-state index is 9.56. The third kappa shape index (κ3) is 5.14. The second-order valence-electron chi connectivity index (χ2n) is 17.2. The van der Waals surface area contributed by atoms with Crippen LogP contribution in [0.4, 0.5) is 0 Å². The molecule has 0 heterocycles. The third-order valence-electron chi connectivity index (χ3n) is 14.2. The highest BCUT2D eigenvalue weighted by Crippen LogP contribution is 2.77. The minimum atomic E-state index is 0.0880. The van der Waals surface area contributed by atoms with Crippen LogP contribution in [0.2, 0.25) is 0 Å². The Bertz CT molecular complexity index is 1400. The van der Waals surface area contributed by atoms with Crippen LogP contribution in [0.1, 0.15) is 165 Å². The monoisotopic (exact) mass is 618 g/mol. The van der Waals surface area contributed by atoms with Crippen LogP contribution in [-0.2, 0) is 10.8 Å². The molecule has 6 saturated carbocycles. The first-order valence-corrected chi connectivity index (χ1v) is 18.6. The van der Waals surface area contributed by atoms with Crippen molar-refractivity contribution < 1.29 is 9.47 Å². The molecule has 0 radical (unpaired) electrons. The normalized spacial score (nSPS) is 32.8. The minimum Gasteiger partial charge on any atom is -0.388 e. The van der Waals surface area contributed by atoms with E-state index in [1.807, 2.05) is 12.5 Å². The lowest BCUT2D eigenvalue weighted by Gasteiger charge is -2.73. The second-order valence-corrected chi connectivity index (χ2v) is 17.2. The Morgan fingerprint density at radius 1 is 0.565 bits per heavy atom. The van der Waals surface area contributed by atoms with Gasteiger partial charge in [-0.3, -0.25) is 0 Å². The molecule has 6 aliphatic rings. The largest absolute Gasteiger partial charge is 0.388 e. The van der Waals surface area contributed by atoms with Gasteiger partial charge < -0.3 is 9.47 Å². The van der Waals surface area contributed by atoms with Crippen LogP contribution >= 0.6 is 0 Å². The Kier molecular flexibility index (Phi) is 8.19. The highest BCUT2D eigenvalue weighted by atomic mass is 16.5. The second kappa shape index (κ2) is 11.9. The summed E-state index contributed by atoms with van der Waals surface area (Å²) in [5.74, 6) is 3.71. The summed E-state index contributed by atoms with van der Waals surface area (Å²) in [4.78, 5) is 0. The zero-order valence-electron chi connectivity index (χ0n) is 28.8. The van der Waals surface area contributed by atoms with Crippen molar-refractivity contribution in [1.29, 1.82) is 10.5 Å². The molecule has 0 saturated heterocycles. The van der Waals surface area contributed by atoms with Crippen LogP contribution < -0.4 is 9.47 Å². The van der Waals surface area contributed by atoms with E-state index in [2.05, 4.69) is 64.1 Å². The molecule has 4 nitrogen and oxygen atoms in total. The molecule has 0 unspecified atom stereocenters. The van der Waals surface area contributed by atoms with Crippen molar-refractivity contribution in [2.24, 2.45) is 22.7 Å². The topological polar surface area (TPSA) is 66.0 Å². The maximum absolute atomic E-state index is 9.56. The molecule has 0 N–H and O–H groups in total. The van der Waals surface area contributed by atoms with E-state index in [1.54, 1.807) is 0 Å². The fourth-order valence-electron chi connectivity index (χ4n) is 12.1. The Labute approximate surface area is 277 Å². The maximum Gasteiger partial charge on any atom is 0.292 e. The summed E-state index contributed by atoms with van der Waals surface area (Å²) in [6.07, 6.45) is 23.9. The Balaban J connectivity index is 1.39. The van der Waals surface area contributed by atoms with Gasteiger partial charge in [-0.25, -0.2) is 0 Å². The highest BCUT2D eigenvalue weighted by molar-refractivity contribution is 5.49. The lowest BCUT2D eigenvalue weighted by Crippen LogP contribution is -2.66. The van der Waals surface area contributed by atoms with Crippen LogP contribution in [0.5, 0.6) is 11.5 Å². The standard InChI is InChI=1S/C42H54N2O2/c1-29(2)39-21-40(30(3)4)24-41(22-39,33-15-17-37(45-27-43)35(19-33)31-11-7-5-8-12-31)26-42(23-39,25-40)34-16-18-38(46-28-44)36(20-34)32-13-9-6-10-14-32/h15-20,29-32H,5-14,21-26H2,1-4H3. The number of rotatable bonds is 8. The summed E-state index contributed by atoms with van der Waals surface area (Å²) >= 11 is 0. The smallest absolute Gasteiger partial charge is 0.292 e. The highest BCUT2D eigenvalue weighted by Gasteiger charge is 2.69. The molecule has 6 fully saturated rings. The van der Waals surface area contributed by atoms with Gasteiger partial charge in [0.05, 0.1) is 0 Å². The third-order valence-corrected chi connectivity index (χ3v) is 14.2. The Morgan fingerprint density at radius 2 is 0.957 bits per heavy atom. The average Bonchev–Trinajstić information content (AvgIpc) is 3.05. The van der Waals surface area contributed by atoms with Gasteiger partial charge >= 0.3 is 0 Å². The zero-order chi connectivity index (χ0) is 32.2. The predicted molar refractivity (Wildman–Crippen MR) is 183 cm³/mol. The first kappa shape index (κ1) is 31.6. The van der Waals surface area contributed by atoms with Crippen molar-refractivity contribution in [3.63, 3.8) is 0 Å². The van der Waals surface area contributed by atoms with Gasteiger partial charge in [0.2, 0.25) is 0 Å².